The Hall–Kier alpha value is -4.62. The highest BCUT2D eigenvalue weighted by atomic mass is 16.1. The van der Waals surface area contributed by atoms with Gasteiger partial charge in [-0.25, -0.2) is 0 Å². The van der Waals surface area contributed by atoms with Crippen LogP contribution in [0.5, 0.6) is 0 Å². The van der Waals surface area contributed by atoms with E-state index in [4.69, 9.17) is 0 Å². The van der Waals surface area contributed by atoms with Gasteiger partial charge in [0, 0.05) is 34.9 Å². The number of aromatic nitrogens is 1. The van der Waals surface area contributed by atoms with E-state index in [-0.39, 0.29) is 5.57 Å². The zero-order chi connectivity index (χ0) is 22.6. The third-order valence-electron chi connectivity index (χ3n) is 5.68. The molecule has 0 bridgehead atoms. The number of hydrogen-bond donors (Lipinski definition) is 1. The predicted octanol–water partition coefficient (Wildman–Crippen LogP) is 6.39. The second-order valence-electron chi connectivity index (χ2n) is 7.90. The lowest BCUT2D eigenvalue weighted by Gasteiger charge is -2.07. The molecule has 158 valence electrons. The van der Waals surface area contributed by atoms with Crippen LogP contribution >= 0.6 is 0 Å². The molecule has 4 nitrogen and oxygen atoms in total. The summed E-state index contributed by atoms with van der Waals surface area (Å²) in [6.45, 7) is 0.692. The Morgan fingerprint density at radius 2 is 1.61 bits per heavy atom. The van der Waals surface area contributed by atoms with Gasteiger partial charge in [-0.2, -0.15) is 5.26 Å². The number of hydrogen-bond acceptors (Lipinski definition) is 2. The van der Waals surface area contributed by atoms with Crippen LogP contribution in [-0.2, 0) is 11.3 Å². The highest BCUT2D eigenvalue weighted by Gasteiger charge is 2.13. The summed E-state index contributed by atoms with van der Waals surface area (Å²) in [5, 5.41) is 15.9. The molecule has 33 heavy (non-hydrogen) atoms. The summed E-state index contributed by atoms with van der Waals surface area (Å²) < 4.78 is 2.16. The van der Waals surface area contributed by atoms with E-state index in [2.05, 4.69) is 52.4 Å². The largest absolute Gasteiger partial charge is 0.342 e. The molecule has 0 spiro atoms. The number of nitrogens with zero attached hydrogens (tertiary/aromatic N) is 2. The van der Waals surface area contributed by atoms with E-state index in [1.807, 2.05) is 54.7 Å². The molecule has 1 aromatic heterocycles. The summed E-state index contributed by atoms with van der Waals surface area (Å²) in [5.74, 6) is -0.421. The van der Waals surface area contributed by atoms with Gasteiger partial charge in [0.2, 0.25) is 0 Å². The fourth-order valence-corrected chi connectivity index (χ4v) is 4.08. The molecule has 1 heterocycles. The van der Waals surface area contributed by atoms with Crippen LogP contribution in [0.1, 0.15) is 11.1 Å². The van der Waals surface area contributed by atoms with Gasteiger partial charge in [0.1, 0.15) is 11.6 Å². The van der Waals surface area contributed by atoms with Gasteiger partial charge in [0.15, 0.2) is 0 Å². The van der Waals surface area contributed by atoms with Gasteiger partial charge in [0.25, 0.3) is 5.91 Å². The molecular weight excluding hydrogens is 406 g/mol. The van der Waals surface area contributed by atoms with Crippen LogP contribution in [-0.4, -0.2) is 10.5 Å². The maximum Gasteiger partial charge on any atom is 0.266 e. The second kappa shape index (κ2) is 8.86. The van der Waals surface area contributed by atoms with Crippen molar-refractivity contribution in [2.24, 2.45) is 0 Å². The molecule has 5 aromatic rings. The average molecular weight is 428 g/mol. The van der Waals surface area contributed by atoms with E-state index in [1.54, 1.807) is 18.2 Å². The third-order valence-corrected chi connectivity index (χ3v) is 5.68. The first-order valence-corrected chi connectivity index (χ1v) is 10.7. The summed E-state index contributed by atoms with van der Waals surface area (Å²) in [7, 11) is 0. The van der Waals surface area contributed by atoms with Gasteiger partial charge in [-0.1, -0.05) is 72.8 Å². The quantitative estimate of drug-likeness (QED) is 0.261. The zero-order valence-corrected chi connectivity index (χ0v) is 17.9. The van der Waals surface area contributed by atoms with Crippen LogP contribution in [0, 0.1) is 11.3 Å². The van der Waals surface area contributed by atoms with Crippen molar-refractivity contribution in [2.75, 3.05) is 5.32 Å². The molecule has 0 aliphatic heterocycles. The van der Waals surface area contributed by atoms with E-state index in [9.17, 15) is 10.1 Å². The minimum atomic E-state index is -0.421. The molecule has 4 aromatic carbocycles. The summed E-state index contributed by atoms with van der Waals surface area (Å²) in [4.78, 5) is 12.7. The van der Waals surface area contributed by atoms with Gasteiger partial charge < -0.3 is 9.88 Å². The normalized spacial score (nSPS) is 11.4. The minimum absolute atomic E-state index is 0.0625. The number of anilines is 1. The number of benzene rings is 4. The van der Waals surface area contributed by atoms with Crippen molar-refractivity contribution in [2.45, 2.75) is 6.54 Å². The molecule has 4 heteroatoms. The zero-order valence-electron chi connectivity index (χ0n) is 17.9. The molecule has 0 radical (unpaired) electrons. The summed E-state index contributed by atoms with van der Waals surface area (Å²) in [6, 6.07) is 34.0. The van der Waals surface area contributed by atoms with Crippen LogP contribution in [0.25, 0.3) is 27.8 Å². The molecule has 0 atom stereocenters. The number of carbonyl (C=O) groups is 1. The summed E-state index contributed by atoms with van der Waals surface area (Å²) >= 11 is 0. The van der Waals surface area contributed by atoms with Gasteiger partial charge >= 0.3 is 0 Å². The smallest absolute Gasteiger partial charge is 0.266 e. The van der Waals surface area contributed by atoms with E-state index in [0.717, 1.165) is 16.5 Å². The third kappa shape index (κ3) is 4.26. The average Bonchev–Trinajstić information content (AvgIpc) is 3.20. The molecule has 5 rings (SSSR count). The number of nitrogens with one attached hydrogen (secondary N) is 1. The maximum absolute atomic E-state index is 12.7. The number of amides is 1. The molecule has 0 aliphatic rings. The van der Waals surface area contributed by atoms with Crippen LogP contribution in [0.2, 0.25) is 0 Å². The Bertz CT molecular complexity index is 1540. The van der Waals surface area contributed by atoms with Crippen molar-refractivity contribution in [3.63, 3.8) is 0 Å². The number of nitriles is 1. The first-order chi connectivity index (χ1) is 16.2. The van der Waals surface area contributed by atoms with Crippen molar-refractivity contribution < 1.29 is 4.79 Å². The highest BCUT2D eigenvalue weighted by molar-refractivity contribution is 6.10. The Kier molecular flexibility index (Phi) is 5.45. The lowest BCUT2D eigenvalue weighted by molar-refractivity contribution is -0.112. The van der Waals surface area contributed by atoms with E-state index in [0.29, 0.717) is 12.2 Å². The number of fused-ring (bicyclic) bond motifs is 2. The van der Waals surface area contributed by atoms with E-state index >= 15 is 0 Å². The fraction of sp³-hybridized carbons (Fsp3) is 0.0345. The molecule has 0 unspecified atom stereocenters. The lowest BCUT2D eigenvalue weighted by Crippen LogP contribution is -2.13. The second-order valence-corrected chi connectivity index (χ2v) is 7.90. The first-order valence-electron chi connectivity index (χ1n) is 10.7. The topological polar surface area (TPSA) is 57.8 Å². The molecule has 1 N–H and O–H groups in total. The van der Waals surface area contributed by atoms with Crippen LogP contribution in [0.3, 0.4) is 0 Å². The Morgan fingerprint density at radius 3 is 2.42 bits per heavy atom. The SMILES string of the molecule is N#C/C(=C/c1cn(Cc2ccc3ccccc3c2)c2ccccc12)C(=O)Nc1ccccc1. The standard InChI is InChI=1S/C29H21N3O/c30-18-24(29(33)31-26-10-2-1-3-11-26)17-25-20-32(28-13-7-6-12-27(25)28)19-21-14-15-22-8-4-5-9-23(22)16-21/h1-17,20H,19H2,(H,31,33)/b24-17-. The lowest BCUT2D eigenvalue weighted by atomic mass is 10.1. The van der Waals surface area contributed by atoms with Gasteiger partial charge in [-0.15, -0.1) is 0 Å². The van der Waals surface area contributed by atoms with Crippen molar-refractivity contribution in [3.8, 4) is 6.07 Å². The minimum Gasteiger partial charge on any atom is -0.342 e. The van der Waals surface area contributed by atoms with E-state index < -0.39 is 5.91 Å². The summed E-state index contributed by atoms with van der Waals surface area (Å²) in [6.07, 6.45) is 3.67. The molecule has 1 amide bonds. The molecular formula is C29H21N3O. The predicted molar refractivity (Wildman–Crippen MR) is 134 cm³/mol. The molecule has 0 saturated heterocycles. The summed E-state index contributed by atoms with van der Waals surface area (Å²) in [5.41, 5.74) is 3.80. The molecule has 0 saturated carbocycles. The number of rotatable bonds is 5. The fourth-order valence-electron chi connectivity index (χ4n) is 4.08. The molecule has 0 fully saturated rings. The van der Waals surface area contributed by atoms with Crippen molar-refractivity contribution >= 4 is 39.3 Å². The van der Waals surface area contributed by atoms with Gasteiger partial charge in [-0.05, 0) is 46.7 Å². The number of para-hydroxylation sites is 2. The van der Waals surface area contributed by atoms with Gasteiger partial charge in [0.05, 0.1) is 0 Å². The maximum atomic E-state index is 12.7. The monoisotopic (exact) mass is 427 g/mol. The van der Waals surface area contributed by atoms with Crippen LogP contribution < -0.4 is 5.32 Å². The highest BCUT2D eigenvalue weighted by Crippen LogP contribution is 2.26. The first kappa shape index (κ1) is 20.3. The van der Waals surface area contributed by atoms with E-state index in [1.165, 1.54) is 16.3 Å². The number of carbonyl (C=O) groups excluding carboxylic acids is 1. The Labute approximate surface area is 192 Å². The Balaban J connectivity index is 1.50. The van der Waals surface area contributed by atoms with Crippen LogP contribution in [0.4, 0.5) is 5.69 Å². The Morgan fingerprint density at radius 1 is 0.879 bits per heavy atom. The van der Waals surface area contributed by atoms with Crippen LogP contribution in [0.15, 0.2) is 109 Å². The van der Waals surface area contributed by atoms with Crippen molar-refractivity contribution in [1.29, 1.82) is 5.26 Å². The van der Waals surface area contributed by atoms with Gasteiger partial charge in [-0.3, -0.25) is 4.79 Å². The van der Waals surface area contributed by atoms with Crippen molar-refractivity contribution in [1.82, 2.24) is 4.57 Å². The van der Waals surface area contributed by atoms with Crippen molar-refractivity contribution in [3.05, 3.63) is 120 Å². The molecule has 0 aliphatic carbocycles.